The quantitative estimate of drug-likeness (QED) is 0.301. The molecule has 0 spiro atoms. The molecule has 39 heavy (non-hydrogen) atoms. The summed E-state index contributed by atoms with van der Waals surface area (Å²) in [5.74, 6) is -0.318. The molecule has 6 nitrogen and oxygen atoms in total. The lowest BCUT2D eigenvalue weighted by molar-refractivity contribution is -0.145. The van der Waals surface area contributed by atoms with E-state index in [1.54, 1.807) is 0 Å². The Morgan fingerprint density at radius 1 is 1.00 bits per heavy atom. The Hall–Kier alpha value is -3.62. The van der Waals surface area contributed by atoms with Gasteiger partial charge in [0.15, 0.2) is 0 Å². The second-order valence-corrected chi connectivity index (χ2v) is 11.5. The van der Waals surface area contributed by atoms with E-state index in [0.29, 0.717) is 12.1 Å². The van der Waals surface area contributed by atoms with Crippen molar-refractivity contribution in [3.63, 3.8) is 0 Å². The molecule has 3 atom stereocenters. The van der Waals surface area contributed by atoms with E-state index < -0.39 is 28.3 Å². The minimum absolute atomic E-state index is 0.144. The SMILES string of the molecule is CCCC1=C(C(=S)OC(c2ccccc2)c2ccccc2)N2C(=O)C(NC(=O)Cc3ccccc3)[C@H]2S(=O)C1. The molecule has 0 aromatic heterocycles. The fraction of sp³-hybridized carbons (Fsp3) is 0.258. The molecule has 8 heteroatoms. The maximum absolute atomic E-state index is 13.4. The van der Waals surface area contributed by atoms with Gasteiger partial charge in [-0.1, -0.05) is 104 Å². The average Bonchev–Trinajstić information content (AvgIpc) is 2.96. The van der Waals surface area contributed by atoms with Gasteiger partial charge in [0.2, 0.25) is 11.0 Å². The normalized spacial score (nSPS) is 20.3. The third-order valence-corrected chi connectivity index (χ3v) is 8.85. The van der Waals surface area contributed by atoms with E-state index in [1.165, 1.54) is 4.90 Å². The largest absolute Gasteiger partial charge is 0.469 e. The van der Waals surface area contributed by atoms with Gasteiger partial charge >= 0.3 is 0 Å². The molecule has 5 rings (SSSR count). The summed E-state index contributed by atoms with van der Waals surface area (Å²) in [5.41, 5.74) is 4.07. The van der Waals surface area contributed by atoms with Gasteiger partial charge in [0.05, 0.1) is 22.9 Å². The predicted octanol–water partition coefficient (Wildman–Crippen LogP) is 4.83. The van der Waals surface area contributed by atoms with Gasteiger partial charge < -0.3 is 10.1 Å². The number of hydrogen-bond donors (Lipinski definition) is 1. The third-order valence-electron chi connectivity index (χ3n) is 6.90. The lowest BCUT2D eigenvalue weighted by Crippen LogP contribution is -2.73. The first-order valence-electron chi connectivity index (χ1n) is 13.0. The van der Waals surface area contributed by atoms with Crippen LogP contribution in [0.4, 0.5) is 0 Å². The second-order valence-electron chi connectivity index (χ2n) is 9.64. The molecular formula is C31H30N2O4S2. The first-order valence-corrected chi connectivity index (χ1v) is 14.8. The number of thiocarbonyl (C=S) groups is 1. The summed E-state index contributed by atoms with van der Waals surface area (Å²) in [7, 11) is -1.38. The molecule has 3 aromatic carbocycles. The highest BCUT2D eigenvalue weighted by molar-refractivity contribution is 7.86. The highest BCUT2D eigenvalue weighted by Crippen LogP contribution is 2.38. The summed E-state index contributed by atoms with van der Waals surface area (Å²) in [6.45, 7) is 2.03. The Bertz CT molecular complexity index is 1370. The Balaban J connectivity index is 1.40. The topological polar surface area (TPSA) is 75.7 Å². The molecular weight excluding hydrogens is 528 g/mol. The summed E-state index contributed by atoms with van der Waals surface area (Å²) >= 11 is 5.85. The van der Waals surface area contributed by atoms with Crippen molar-refractivity contribution < 1.29 is 18.5 Å². The summed E-state index contributed by atoms with van der Waals surface area (Å²) in [4.78, 5) is 27.7. The Morgan fingerprint density at radius 2 is 1.56 bits per heavy atom. The van der Waals surface area contributed by atoms with Gasteiger partial charge in [0.1, 0.15) is 17.5 Å². The number of rotatable bonds is 9. The molecule has 2 aliphatic rings. The molecule has 2 aliphatic heterocycles. The monoisotopic (exact) mass is 558 g/mol. The van der Waals surface area contributed by atoms with Crippen LogP contribution in [0, 0.1) is 0 Å². The second kappa shape index (κ2) is 12.1. The van der Waals surface area contributed by atoms with Gasteiger partial charge in [0, 0.05) is 5.75 Å². The van der Waals surface area contributed by atoms with Crippen molar-refractivity contribution in [3.05, 3.63) is 119 Å². The Kier molecular flexibility index (Phi) is 8.33. The standard InChI is InChI=1S/C31H30N2O4S2/c1-2-12-24-20-39(36)30-26(32-25(34)19-21-13-6-3-7-14-21)29(35)33(30)27(24)31(38)37-28(22-15-8-4-9-16-22)23-17-10-5-11-18-23/h3-11,13-18,26,28,30H,2,12,19-20H2,1H3,(H,32,34)/t26?,30-,39?/m1/s1. The van der Waals surface area contributed by atoms with Crippen LogP contribution in [0.25, 0.3) is 0 Å². The van der Waals surface area contributed by atoms with Crippen molar-refractivity contribution >= 4 is 39.9 Å². The number of benzene rings is 3. The van der Waals surface area contributed by atoms with Gasteiger partial charge in [-0.2, -0.15) is 0 Å². The Labute approximate surface area is 236 Å². The van der Waals surface area contributed by atoms with E-state index in [2.05, 4.69) is 5.32 Å². The number of nitrogens with one attached hydrogen (secondary N) is 1. The van der Waals surface area contributed by atoms with Crippen LogP contribution < -0.4 is 5.32 Å². The van der Waals surface area contributed by atoms with Crippen molar-refractivity contribution in [1.29, 1.82) is 0 Å². The maximum atomic E-state index is 13.4. The van der Waals surface area contributed by atoms with Crippen LogP contribution >= 0.6 is 12.2 Å². The zero-order chi connectivity index (χ0) is 27.4. The number of amides is 2. The minimum atomic E-state index is -1.38. The molecule has 0 bridgehead atoms. The zero-order valence-corrected chi connectivity index (χ0v) is 23.3. The van der Waals surface area contributed by atoms with Crippen LogP contribution in [0.2, 0.25) is 0 Å². The molecule has 2 unspecified atom stereocenters. The van der Waals surface area contributed by atoms with Crippen molar-refractivity contribution in [3.8, 4) is 0 Å². The van der Waals surface area contributed by atoms with E-state index in [-0.39, 0.29) is 29.0 Å². The maximum Gasteiger partial charge on any atom is 0.254 e. The van der Waals surface area contributed by atoms with Crippen LogP contribution in [0.5, 0.6) is 0 Å². The van der Waals surface area contributed by atoms with Crippen LogP contribution in [-0.4, -0.2) is 43.1 Å². The summed E-state index contributed by atoms with van der Waals surface area (Å²) in [6, 6.07) is 28.0. The van der Waals surface area contributed by atoms with Gasteiger partial charge in [-0.3, -0.25) is 18.7 Å². The predicted molar refractivity (Wildman–Crippen MR) is 156 cm³/mol. The van der Waals surface area contributed by atoms with E-state index >= 15 is 0 Å². The average molecular weight is 559 g/mol. The molecule has 1 N–H and O–H groups in total. The van der Waals surface area contributed by atoms with Crippen LogP contribution in [0.3, 0.4) is 0 Å². The molecule has 0 radical (unpaired) electrons. The Morgan fingerprint density at radius 3 is 2.13 bits per heavy atom. The molecule has 200 valence electrons. The highest BCUT2D eigenvalue weighted by Gasteiger charge is 2.56. The molecule has 1 fully saturated rings. The molecule has 0 saturated carbocycles. The molecule has 2 heterocycles. The van der Waals surface area contributed by atoms with Gasteiger partial charge in [-0.15, -0.1) is 0 Å². The van der Waals surface area contributed by atoms with Crippen molar-refractivity contribution in [1.82, 2.24) is 10.2 Å². The third kappa shape index (κ3) is 5.72. The number of carbonyl (C=O) groups is 2. The smallest absolute Gasteiger partial charge is 0.254 e. The summed E-state index contributed by atoms with van der Waals surface area (Å²) < 4.78 is 19.8. The van der Waals surface area contributed by atoms with Crippen LogP contribution in [0.15, 0.2) is 102 Å². The van der Waals surface area contributed by atoms with Gasteiger partial charge in [-0.25, -0.2) is 0 Å². The number of carbonyl (C=O) groups excluding carboxylic acids is 2. The number of hydrogen-bond acceptors (Lipinski definition) is 5. The first-order chi connectivity index (χ1) is 19.0. The number of ether oxygens (including phenoxy) is 1. The number of β-lactam (4-membered cyclic amide) rings is 1. The first kappa shape index (κ1) is 27.0. The zero-order valence-electron chi connectivity index (χ0n) is 21.6. The van der Waals surface area contributed by atoms with E-state index in [4.69, 9.17) is 17.0 Å². The molecule has 1 saturated heterocycles. The van der Waals surface area contributed by atoms with E-state index in [1.807, 2.05) is 97.9 Å². The molecule has 0 aliphatic carbocycles. The molecule has 3 aromatic rings. The highest BCUT2D eigenvalue weighted by atomic mass is 32.2. The fourth-order valence-electron chi connectivity index (χ4n) is 5.09. The minimum Gasteiger partial charge on any atom is -0.469 e. The van der Waals surface area contributed by atoms with Crippen molar-refractivity contribution in [2.75, 3.05) is 5.75 Å². The van der Waals surface area contributed by atoms with Crippen molar-refractivity contribution in [2.24, 2.45) is 0 Å². The number of fused-ring (bicyclic) bond motifs is 1. The lowest BCUT2D eigenvalue weighted by Gasteiger charge is -2.50. The fourth-order valence-corrected chi connectivity index (χ4v) is 7.15. The van der Waals surface area contributed by atoms with Crippen LogP contribution in [0.1, 0.15) is 42.6 Å². The molecule has 2 amide bonds. The summed E-state index contributed by atoms with van der Waals surface area (Å²) in [5, 5.41) is 2.33. The van der Waals surface area contributed by atoms with Gasteiger partial charge in [0.25, 0.3) is 5.91 Å². The number of nitrogens with zero attached hydrogens (tertiary/aromatic N) is 1. The van der Waals surface area contributed by atoms with E-state index in [0.717, 1.165) is 28.7 Å². The van der Waals surface area contributed by atoms with Gasteiger partial charge in [-0.05, 0) is 40.9 Å². The summed E-state index contributed by atoms with van der Waals surface area (Å²) in [6.07, 6.45) is 1.13. The lowest BCUT2D eigenvalue weighted by atomic mass is 9.99. The van der Waals surface area contributed by atoms with E-state index in [9.17, 15) is 13.8 Å². The van der Waals surface area contributed by atoms with Crippen LogP contribution in [-0.2, 0) is 31.5 Å². The van der Waals surface area contributed by atoms with Crippen molar-refractivity contribution in [2.45, 2.75) is 43.7 Å².